The van der Waals surface area contributed by atoms with Crippen LogP contribution in [0.5, 0.6) is 5.75 Å². The summed E-state index contributed by atoms with van der Waals surface area (Å²) in [4.78, 5) is 26.8. The van der Waals surface area contributed by atoms with Crippen LogP contribution in [0.25, 0.3) is 11.1 Å². The van der Waals surface area contributed by atoms with Gasteiger partial charge >= 0.3 is 12.3 Å². The molecule has 0 radical (unpaired) electrons. The van der Waals surface area contributed by atoms with Gasteiger partial charge in [0.05, 0.1) is 6.42 Å². The number of carbonyl (C=O) groups excluding carboxylic acids is 1. The van der Waals surface area contributed by atoms with Gasteiger partial charge in [-0.3, -0.25) is 9.59 Å². The number of carboxylic acids is 1. The van der Waals surface area contributed by atoms with E-state index < -0.39 is 12.3 Å². The number of alkyl halides is 3. The molecule has 0 atom stereocenters. The fraction of sp³-hybridized carbons (Fsp3) is 0.174. The summed E-state index contributed by atoms with van der Waals surface area (Å²) < 4.78 is 41.0. The Morgan fingerprint density at radius 1 is 1.00 bits per heavy atom. The average Bonchev–Trinajstić information content (AvgIpc) is 2.77. The minimum Gasteiger partial charge on any atom is -0.481 e. The Balaban J connectivity index is 1.56. The van der Waals surface area contributed by atoms with E-state index in [1.54, 1.807) is 42.6 Å². The quantitative estimate of drug-likeness (QED) is 0.437. The lowest BCUT2D eigenvalue weighted by atomic mass is 10.1. The van der Waals surface area contributed by atoms with Crippen molar-refractivity contribution in [2.24, 2.45) is 0 Å². The number of amides is 1. The van der Waals surface area contributed by atoms with E-state index in [0.29, 0.717) is 16.9 Å². The van der Waals surface area contributed by atoms with Crippen molar-refractivity contribution < 1.29 is 32.6 Å². The van der Waals surface area contributed by atoms with Crippen molar-refractivity contribution >= 4 is 17.7 Å². The standard InChI is InChI=1S/C23H20F3N3O4/c24-23(25,26)33-19-3-1-2-15(12-19)13-28-20-9-8-18(14-29-20)16-4-6-17(7-5-16)22(32)27-11-10-21(30)31/h1-9,12,14H,10-11,13H2,(H,27,32)(H,28,29)(H,30,31). The molecular weight excluding hydrogens is 439 g/mol. The van der Waals surface area contributed by atoms with Crippen LogP contribution in [0.15, 0.2) is 66.9 Å². The van der Waals surface area contributed by atoms with E-state index in [2.05, 4.69) is 20.4 Å². The van der Waals surface area contributed by atoms with Gasteiger partial charge in [0.2, 0.25) is 0 Å². The van der Waals surface area contributed by atoms with Crippen LogP contribution in [0.2, 0.25) is 0 Å². The molecule has 0 spiro atoms. The summed E-state index contributed by atoms with van der Waals surface area (Å²) >= 11 is 0. The number of hydrogen-bond acceptors (Lipinski definition) is 5. The Morgan fingerprint density at radius 3 is 2.36 bits per heavy atom. The molecule has 0 saturated heterocycles. The van der Waals surface area contributed by atoms with E-state index in [1.807, 2.05) is 6.07 Å². The molecule has 3 N–H and O–H groups in total. The highest BCUT2D eigenvalue weighted by Gasteiger charge is 2.31. The Hall–Kier alpha value is -4.08. The summed E-state index contributed by atoms with van der Waals surface area (Å²) in [6.07, 6.45) is -3.26. The number of hydrogen-bond donors (Lipinski definition) is 3. The van der Waals surface area contributed by atoms with Crippen LogP contribution >= 0.6 is 0 Å². The number of aliphatic carboxylic acids is 1. The van der Waals surface area contributed by atoms with Crippen LogP contribution in [-0.2, 0) is 11.3 Å². The molecule has 0 unspecified atom stereocenters. The lowest BCUT2D eigenvalue weighted by Gasteiger charge is -2.11. The Morgan fingerprint density at radius 2 is 1.73 bits per heavy atom. The second-order valence-electron chi connectivity index (χ2n) is 6.96. The number of nitrogens with zero attached hydrogens (tertiary/aromatic N) is 1. The maximum atomic E-state index is 12.4. The van der Waals surface area contributed by atoms with E-state index in [1.165, 1.54) is 18.2 Å². The van der Waals surface area contributed by atoms with E-state index in [4.69, 9.17) is 5.11 Å². The lowest BCUT2D eigenvalue weighted by Crippen LogP contribution is -2.25. The number of carbonyl (C=O) groups is 2. The highest BCUT2D eigenvalue weighted by molar-refractivity contribution is 5.94. The van der Waals surface area contributed by atoms with Gasteiger partial charge in [-0.05, 0) is 47.5 Å². The number of rotatable bonds is 9. The minimum atomic E-state index is -4.74. The molecule has 0 aliphatic carbocycles. The van der Waals surface area contributed by atoms with Crippen LogP contribution in [0, 0.1) is 0 Å². The third kappa shape index (κ3) is 7.53. The molecule has 1 heterocycles. The van der Waals surface area contributed by atoms with Crippen LogP contribution in [0.3, 0.4) is 0 Å². The van der Waals surface area contributed by atoms with Gasteiger partial charge in [0, 0.05) is 30.4 Å². The molecule has 2 aromatic carbocycles. The van der Waals surface area contributed by atoms with Gasteiger partial charge in [-0.1, -0.05) is 24.3 Å². The van der Waals surface area contributed by atoms with Crippen molar-refractivity contribution in [3.8, 4) is 16.9 Å². The monoisotopic (exact) mass is 459 g/mol. The predicted molar refractivity (Wildman–Crippen MR) is 115 cm³/mol. The number of anilines is 1. The molecule has 172 valence electrons. The first-order chi connectivity index (χ1) is 15.7. The maximum Gasteiger partial charge on any atom is 0.573 e. The number of ether oxygens (including phenoxy) is 1. The minimum absolute atomic E-state index is 0.0496. The highest BCUT2D eigenvalue weighted by atomic mass is 19.4. The van der Waals surface area contributed by atoms with Gasteiger partial charge in [-0.15, -0.1) is 13.2 Å². The molecule has 0 aliphatic rings. The summed E-state index contributed by atoms with van der Waals surface area (Å²) in [5.41, 5.74) is 2.64. The number of aromatic nitrogens is 1. The Bertz CT molecular complexity index is 1100. The number of pyridine rings is 1. The van der Waals surface area contributed by atoms with Gasteiger partial charge < -0.3 is 20.5 Å². The van der Waals surface area contributed by atoms with Crippen LogP contribution < -0.4 is 15.4 Å². The van der Waals surface area contributed by atoms with Gasteiger partial charge in [0.25, 0.3) is 5.91 Å². The molecule has 10 heteroatoms. The molecule has 0 bridgehead atoms. The van der Waals surface area contributed by atoms with Crippen LogP contribution in [0.4, 0.5) is 19.0 Å². The molecule has 1 aromatic heterocycles. The SMILES string of the molecule is O=C(O)CCNC(=O)c1ccc(-c2ccc(NCc3cccc(OC(F)(F)F)c3)nc2)cc1. The number of carboxylic acid groups (broad SMARTS) is 1. The first-order valence-corrected chi connectivity index (χ1v) is 9.85. The van der Waals surface area contributed by atoms with Crippen molar-refractivity contribution in [2.75, 3.05) is 11.9 Å². The van der Waals surface area contributed by atoms with Crippen LogP contribution in [0.1, 0.15) is 22.3 Å². The van der Waals surface area contributed by atoms with Crippen molar-refractivity contribution in [2.45, 2.75) is 19.3 Å². The second-order valence-corrected chi connectivity index (χ2v) is 6.96. The third-order valence-corrected chi connectivity index (χ3v) is 4.47. The van der Waals surface area contributed by atoms with E-state index in [0.717, 1.165) is 11.1 Å². The molecule has 1 amide bonds. The maximum absolute atomic E-state index is 12.4. The largest absolute Gasteiger partial charge is 0.573 e. The fourth-order valence-electron chi connectivity index (χ4n) is 2.91. The van der Waals surface area contributed by atoms with Gasteiger partial charge in [-0.2, -0.15) is 0 Å². The molecular formula is C23H20F3N3O4. The zero-order valence-corrected chi connectivity index (χ0v) is 17.2. The van der Waals surface area contributed by atoms with Crippen LogP contribution in [-0.4, -0.2) is 34.9 Å². The molecule has 7 nitrogen and oxygen atoms in total. The average molecular weight is 459 g/mol. The molecule has 0 aliphatic heterocycles. The molecule has 3 aromatic rings. The topological polar surface area (TPSA) is 101 Å². The Labute approximate surface area is 187 Å². The van der Waals surface area contributed by atoms with E-state index in [9.17, 15) is 22.8 Å². The second kappa shape index (κ2) is 10.5. The Kier molecular flexibility index (Phi) is 7.50. The van der Waals surface area contributed by atoms with E-state index in [-0.39, 0.29) is 31.2 Å². The number of benzene rings is 2. The molecule has 0 saturated carbocycles. The number of halogens is 3. The molecule has 0 fully saturated rings. The van der Waals surface area contributed by atoms with Gasteiger partial charge in [0.15, 0.2) is 0 Å². The van der Waals surface area contributed by atoms with Crippen molar-refractivity contribution in [3.05, 3.63) is 78.0 Å². The first kappa shape index (κ1) is 23.6. The van der Waals surface area contributed by atoms with Crippen molar-refractivity contribution in [3.63, 3.8) is 0 Å². The lowest BCUT2D eigenvalue weighted by molar-refractivity contribution is -0.274. The fourth-order valence-corrected chi connectivity index (χ4v) is 2.91. The van der Waals surface area contributed by atoms with Crippen molar-refractivity contribution in [1.29, 1.82) is 0 Å². The zero-order chi connectivity index (χ0) is 23.8. The highest BCUT2D eigenvalue weighted by Crippen LogP contribution is 2.24. The summed E-state index contributed by atoms with van der Waals surface area (Å²) in [5.74, 6) is -1.09. The summed E-state index contributed by atoms with van der Waals surface area (Å²) in [5, 5.41) is 14.2. The van der Waals surface area contributed by atoms with Gasteiger partial charge in [-0.25, -0.2) is 4.98 Å². The van der Waals surface area contributed by atoms with Gasteiger partial charge in [0.1, 0.15) is 11.6 Å². The molecule has 3 rings (SSSR count). The first-order valence-electron chi connectivity index (χ1n) is 9.85. The van der Waals surface area contributed by atoms with E-state index >= 15 is 0 Å². The normalized spacial score (nSPS) is 11.0. The summed E-state index contributed by atoms with van der Waals surface area (Å²) in [6, 6.07) is 16.0. The number of nitrogens with one attached hydrogen (secondary N) is 2. The predicted octanol–water partition coefficient (Wildman–Crippen LogP) is 4.46. The molecule has 33 heavy (non-hydrogen) atoms. The zero-order valence-electron chi connectivity index (χ0n) is 17.2. The summed E-state index contributed by atoms with van der Waals surface area (Å²) in [7, 11) is 0. The van der Waals surface area contributed by atoms with Crippen molar-refractivity contribution in [1.82, 2.24) is 10.3 Å². The summed E-state index contributed by atoms with van der Waals surface area (Å²) in [6.45, 7) is 0.307. The third-order valence-electron chi connectivity index (χ3n) is 4.47. The smallest absolute Gasteiger partial charge is 0.481 e.